The van der Waals surface area contributed by atoms with Crippen LogP contribution in [0.1, 0.15) is 25.3 Å². The van der Waals surface area contributed by atoms with Gasteiger partial charge in [-0.3, -0.25) is 0 Å². The molecule has 0 radical (unpaired) electrons. The summed E-state index contributed by atoms with van der Waals surface area (Å²) in [6.45, 7) is 4.48. The molecular formula is C15H18O3P+. The summed E-state index contributed by atoms with van der Waals surface area (Å²) in [6, 6.07) is 19.2. The van der Waals surface area contributed by atoms with Gasteiger partial charge >= 0.3 is 8.25 Å². The summed E-state index contributed by atoms with van der Waals surface area (Å²) < 4.78 is 8.70. The van der Waals surface area contributed by atoms with Crippen LogP contribution < -0.4 is 0 Å². The quantitative estimate of drug-likeness (QED) is 0.812. The summed E-state index contributed by atoms with van der Waals surface area (Å²) in [6.07, 6.45) is 0. The highest BCUT2D eigenvalue weighted by Crippen LogP contribution is 2.28. The molecule has 0 fully saturated rings. The van der Waals surface area contributed by atoms with Crippen molar-refractivity contribution in [3.63, 3.8) is 0 Å². The molecule has 0 aliphatic carbocycles. The maximum atomic E-state index is 8.70. The molecule has 100 valence electrons. The van der Waals surface area contributed by atoms with Gasteiger partial charge in [0.25, 0.3) is 0 Å². The number of benzene rings is 2. The second kappa shape index (κ2) is 7.80. The Morgan fingerprint density at radius 2 is 1.37 bits per heavy atom. The lowest BCUT2D eigenvalue weighted by molar-refractivity contribution is 0.405. The molecule has 0 atom stereocenters. The summed E-state index contributed by atoms with van der Waals surface area (Å²) in [7, 11) is -2.87. The molecule has 0 aliphatic rings. The lowest BCUT2D eigenvalue weighted by Crippen LogP contribution is -1.91. The van der Waals surface area contributed by atoms with Crippen molar-refractivity contribution in [2.45, 2.75) is 19.8 Å². The van der Waals surface area contributed by atoms with Crippen LogP contribution in [0.2, 0.25) is 0 Å². The number of hydrogen-bond donors (Lipinski definition) is 2. The zero-order valence-electron chi connectivity index (χ0n) is 11.0. The van der Waals surface area contributed by atoms with E-state index in [2.05, 4.69) is 68.4 Å². The second-order valence-corrected chi connectivity index (χ2v) is 4.87. The molecule has 3 nitrogen and oxygen atoms in total. The highest BCUT2D eigenvalue weighted by molar-refractivity contribution is 7.30. The topological polar surface area (TPSA) is 57.5 Å². The molecule has 0 unspecified atom stereocenters. The highest BCUT2D eigenvalue weighted by atomic mass is 31.1. The molecule has 2 aromatic rings. The van der Waals surface area contributed by atoms with Gasteiger partial charge in [-0.15, -0.1) is 9.79 Å². The Bertz CT molecular complexity index is 520. The van der Waals surface area contributed by atoms with Crippen LogP contribution >= 0.6 is 8.25 Å². The zero-order valence-corrected chi connectivity index (χ0v) is 11.9. The Hall–Kier alpha value is -1.54. The highest BCUT2D eigenvalue weighted by Gasteiger charge is 2.06. The predicted molar refractivity (Wildman–Crippen MR) is 78.0 cm³/mol. The largest absolute Gasteiger partial charge is 0.692 e. The molecule has 2 rings (SSSR count). The standard InChI is InChI=1S/C15H16.HO3P/c1-12(2)14-10-6-7-11-15(14)13-8-4-3-5-9-13;1-4(2)3/h3-12H,1-2H3;(H-,1,2,3)/p+1. The first-order valence-electron chi connectivity index (χ1n) is 6.01. The van der Waals surface area contributed by atoms with Crippen molar-refractivity contribution in [2.24, 2.45) is 0 Å². The third kappa shape index (κ3) is 5.31. The molecule has 19 heavy (non-hydrogen) atoms. The predicted octanol–water partition coefficient (Wildman–Crippen LogP) is 4.11. The van der Waals surface area contributed by atoms with Crippen molar-refractivity contribution in [2.75, 3.05) is 0 Å². The molecule has 0 aromatic heterocycles. The van der Waals surface area contributed by atoms with E-state index < -0.39 is 8.25 Å². The van der Waals surface area contributed by atoms with E-state index in [4.69, 9.17) is 14.4 Å². The van der Waals surface area contributed by atoms with Gasteiger partial charge in [-0.25, -0.2) is 0 Å². The molecule has 4 heteroatoms. The van der Waals surface area contributed by atoms with Crippen molar-refractivity contribution in [3.8, 4) is 11.1 Å². The number of hydrogen-bond acceptors (Lipinski definition) is 1. The van der Waals surface area contributed by atoms with Crippen LogP contribution in [0.5, 0.6) is 0 Å². The summed E-state index contributed by atoms with van der Waals surface area (Å²) in [4.78, 5) is 14.2. The normalized spacial score (nSPS) is 9.74. The van der Waals surface area contributed by atoms with E-state index in [1.807, 2.05) is 0 Å². The Labute approximate surface area is 114 Å². The number of rotatable bonds is 2. The van der Waals surface area contributed by atoms with Crippen LogP contribution in [0.3, 0.4) is 0 Å². The Morgan fingerprint density at radius 1 is 0.895 bits per heavy atom. The first-order chi connectivity index (χ1) is 9.02. The van der Waals surface area contributed by atoms with Crippen LogP contribution in [0, 0.1) is 0 Å². The average Bonchev–Trinajstić information content (AvgIpc) is 2.39. The van der Waals surface area contributed by atoms with Crippen LogP contribution in [0.15, 0.2) is 54.6 Å². The van der Waals surface area contributed by atoms with Crippen molar-refractivity contribution in [1.29, 1.82) is 0 Å². The lowest BCUT2D eigenvalue weighted by atomic mass is 9.93. The molecule has 0 amide bonds. The van der Waals surface area contributed by atoms with Gasteiger partial charge in [0.15, 0.2) is 0 Å². The van der Waals surface area contributed by atoms with Gasteiger partial charge in [0, 0.05) is 4.57 Å². The van der Waals surface area contributed by atoms with Gasteiger partial charge in [0.2, 0.25) is 0 Å². The summed E-state index contributed by atoms with van der Waals surface area (Å²) in [5.74, 6) is 0.571. The summed E-state index contributed by atoms with van der Waals surface area (Å²) >= 11 is 0. The third-order valence-corrected chi connectivity index (χ3v) is 2.67. The molecule has 0 saturated carbocycles. The van der Waals surface area contributed by atoms with E-state index in [1.54, 1.807) is 0 Å². The lowest BCUT2D eigenvalue weighted by Gasteiger charge is -2.12. The monoisotopic (exact) mass is 277 g/mol. The molecule has 2 N–H and O–H groups in total. The third-order valence-electron chi connectivity index (χ3n) is 2.67. The van der Waals surface area contributed by atoms with Crippen LogP contribution in [0.25, 0.3) is 11.1 Å². The average molecular weight is 277 g/mol. The molecule has 0 spiro atoms. The Kier molecular flexibility index (Phi) is 6.37. The van der Waals surface area contributed by atoms with Crippen molar-refractivity contribution < 1.29 is 14.4 Å². The smallest absolute Gasteiger partial charge is 0.134 e. The van der Waals surface area contributed by atoms with Crippen molar-refractivity contribution >= 4 is 8.25 Å². The Balaban J connectivity index is 0.000000399. The molecule has 0 bridgehead atoms. The maximum Gasteiger partial charge on any atom is 0.692 e. The summed E-state index contributed by atoms with van der Waals surface area (Å²) in [5, 5.41) is 0. The van der Waals surface area contributed by atoms with Crippen LogP contribution in [-0.2, 0) is 4.57 Å². The van der Waals surface area contributed by atoms with E-state index in [1.165, 1.54) is 16.7 Å². The first kappa shape index (κ1) is 15.5. The van der Waals surface area contributed by atoms with Crippen molar-refractivity contribution in [1.82, 2.24) is 0 Å². The van der Waals surface area contributed by atoms with Gasteiger partial charge in [-0.05, 0) is 22.6 Å². The van der Waals surface area contributed by atoms with E-state index in [0.717, 1.165) is 0 Å². The molecule has 0 heterocycles. The summed E-state index contributed by atoms with van der Waals surface area (Å²) in [5.41, 5.74) is 4.08. The molecule has 0 aliphatic heterocycles. The van der Waals surface area contributed by atoms with Gasteiger partial charge < -0.3 is 0 Å². The van der Waals surface area contributed by atoms with Gasteiger partial charge in [-0.2, -0.15) is 0 Å². The van der Waals surface area contributed by atoms with E-state index in [-0.39, 0.29) is 0 Å². The fourth-order valence-corrected chi connectivity index (χ4v) is 1.88. The minimum atomic E-state index is -2.87. The zero-order chi connectivity index (χ0) is 14.3. The van der Waals surface area contributed by atoms with Crippen LogP contribution in [-0.4, -0.2) is 9.79 Å². The van der Waals surface area contributed by atoms with Crippen molar-refractivity contribution in [3.05, 3.63) is 60.2 Å². The molecular weight excluding hydrogens is 259 g/mol. The first-order valence-corrected chi connectivity index (χ1v) is 7.18. The molecule has 0 saturated heterocycles. The maximum absolute atomic E-state index is 8.70. The SMILES string of the molecule is CC(C)c1ccccc1-c1ccccc1.O=[P+](O)O. The second-order valence-electron chi connectivity index (χ2n) is 4.36. The fourth-order valence-electron chi connectivity index (χ4n) is 1.88. The van der Waals surface area contributed by atoms with Crippen LogP contribution in [0.4, 0.5) is 0 Å². The minimum absolute atomic E-state index is 0.571. The Morgan fingerprint density at radius 3 is 1.89 bits per heavy atom. The van der Waals surface area contributed by atoms with E-state index >= 15 is 0 Å². The van der Waals surface area contributed by atoms with Gasteiger partial charge in [-0.1, -0.05) is 68.4 Å². The van der Waals surface area contributed by atoms with E-state index in [9.17, 15) is 0 Å². The van der Waals surface area contributed by atoms with Gasteiger partial charge in [0.05, 0.1) is 0 Å². The molecule has 2 aromatic carbocycles. The van der Waals surface area contributed by atoms with E-state index in [0.29, 0.717) is 5.92 Å². The fraction of sp³-hybridized carbons (Fsp3) is 0.200. The minimum Gasteiger partial charge on any atom is -0.134 e. The van der Waals surface area contributed by atoms with Gasteiger partial charge in [0.1, 0.15) is 0 Å².